The van der Waals surface area contributed by atoms with E-state index in [-0.39, 0.29) is 5.78 Å². The van der Waals surface area contributed by atoms with Crippen LogP contribution in [0.4, 0.5) is 5.69 Å². The van der Waals surface area contributed by atoms with Crippen molar-refractivity contribution in [3.8, 4) is 5.75 Å². The topological polar surface area (TPSA) is 52.3 Å². The number of hydrogen-bond donors (Lipinski definition) is 1. The highest BCUT2D eigenvalue weighted by atomic mass is 16.5. The standard InChI is InChI=1S/C16H17NO2/c1-11-8-9-15(14(17)10-11)19-12(2)16(18)13-6-4-3-5-7-13/h3-10,12H,17H2,1-2H3. The highest BCUT2D eigenvalue weighted by Gasteiger charge is 2.17. The van der Waals surface area contributed by atoms with E-state index >= 15 is 0 Å². The minimum atomic E-state index is -0.563. The van der Waals surface area contributed by atoms with Crippen molar-refractivity contribution < 1.29 is 9.53 Å². The summed E-state index contributed by atoms with van der Waals surface area (Å²) in [6.07, 6.45) is -0.563. The summed E-state index contributed by atoms with van der Waals surface area (Å²) in [5, 5.41) is 0. The van der Waals surface area contributed by atoms with E-state index in [1.54, 1.807) is 25.1 Å². The molecule has 2 aromatic carbocycles. The summed E-state index contributed by atoms with van der Waals surface area (Å²) in [4.78, 5) is 12.2. The largest absolute Gasteiger partial charge is 0.480 e. The zero-order valence-corrected chi connectivity index (χ0v) is 11.1. The molecular weight excluding hydrogens is 238 g/mol. The minimum absolute atomic E-state index is 0.0550. The van der Waals surface area contributed by atoms with Crippen molar-refractivity contribution in [3.05, 3.63) is 59.7 Å². The Morgan fingerprint density at radius 2 is 1.84 bits per heavy atom. The lowest BCUT2D eigenvalue weighted by atomic mass is 10.1. The maximum Gasteiger partial charge on any atom is 0.202 e. The Morgan fingerprint density at radius 3 is 2.47 bits per heavy atom. The Morgan fingerprint density at radius 1 is 1.16 bits per heavy atom. The molecule has 0 aliphatic heterocycles. The molecule has 3 heteroatoms. The van der Waals surface area contributed by atoms with Gasteiger partial charge in [0.2, 0.25) is 5.78 Å². The molecule has 0 aliphatic carbocycles. The first-order chi connectivity index (χ1) is 9.08. The maximum absolute atomic E-state index is 12.2. The summed E-state index contributed by atoms with van der Waals surface area (Å²) in [6.45, 7) is 3.69. The molecule has 0 aromatic heterocycles. The van der Waals surface area contributed by atoms with Gasteiger partial charge in [-0.25, -0.2) is 0 Å². The van der Waals surface area contributed by atoms with Crippen molar-refractivity contribution in [1.29, 1.82) is 0 Å². The van der Waals surface area contributed by atoms with Crippen LogP contribution in [-0.4, -0.2) is 11.9 Å². The van der Waals surface area contributed by atoms with Gasteiger partial charge >= 0.3 is 0 Å². The normalized spacial score (nSPS) is 11.9. The molecule has 0 saturated carbocycles. The van der Waals surface area contributed by atoms with E-state index in [0.29, 0.717) is 17.0 Å². The summed E-state index contributed by atoms with van der Waals surface area (Å²) < 4.78 is 5.64. The number of rotatable bonds is 4. The first-order valence-corrected chi connectivity index (χ1v) is 6.20. The molecule has 0 radical (unpaired) electrons. The number of benzene rings is 2. The van der Waals surface area contributed by atoms with Gasteiger partial charge in [-0.3, -0.25) is 4.79 Å². The Bertz CT molecular complexity index is 579. The molecule has 1 unspecified atom stereocenters. The number of carbonyl (C=O) groups excluding carboxylic acids is 1. The first-order valence-electron chi connectivity index (χ1n) is 6.20. The van der Waals surface area contributed by atoms with E-state index < -0.39 is 6.10 Å². The van der Waals surface area contributed by atoms with Gasteiger partial charge in [-0.2, -0.15) is 0 Å². The van der Waals surface area contributed by atoms with Crippen LogP contribution in [0.5, 0.6) is 5.75 Å². The fourth-order valence-corrected chi connectivity index (χ4v) is 1.86. The van der Waals surface area contributed by atoms with Gasteiger partial charge in [-0.15, -0.1) is 0 Å². The molecule has 0 heterocycles. The SMILES string of the molecule is Cc1ccc(OC(C)C(=O)c2ccccc2)c(N)c1. The lowest BCUT2D eigenvalue weighted by molar-refractivity contribution is 0.0819. The number of ether oxygens (including phenoxy) is 1. The molecule has 0 fully saturated rings. The molecule has 0 spiro atoms. The number of hydrogen-bond acceptors (Lipinski definition) is 3. The number of nitrogens with two attached hydrogens (primary N) is 1. The fourth-order valence-electron chi connectivity index (χ4n) is 1.86. The van der Waals surface area contributed by atoms with Gasteiger partial charge in [0.25, 0.3) is 0 Å². The number of ketones is 1. The molecule has 19 heavy (non-hydrogen) atoms. The van der Waals surface area contributed by atoms with Crippen LogP contribution in [0.1, 0.15) is 22.8 Å². The fraction of sp³-hybridized carbons (Fsp3) is 0.188. The Hall–Kier alpha value is -2.29. The third-order valence-electron chi connectivity index (χ3n) is 2.90. The predicted octanol–water partition coefficient (Wildman–Crippen LogP) is 3.23. The van der Waals surface area contributed by atoms with Crippen LogP contribution in [0.2, 0.25) is 0 Å². The third-order valence-corrected chi connectivity index (χ3v) is 2.90. The van der Waals surface area contributed by atoms with Crippen molar-refractivity contribution in [2.45, 2.75) is 20.0 Å². The lowest BCUT2D eigenvalue weighted by Gasteiger charge is -2.15. The molecule has 98 valence electrons. The summed E-state index contributed by atoms with van der Waals surface area (Å²) in [5.41, 5.74) is 8.12. The average Bonchev–Trinajstić information content (AvgIpc) is 2.42. The summed E-state index contributed by atoms with van der Waals surface area (Å²) in [5.74, 6) is 0.489. The van der Waals surface area contributed by atoms with Crippen molar-refractivity contribution >= 4 is 11.5 Å². The van der Waals surface area contributed by atoms with Crippen LogP contribution in [0.25, 0.3) is 0 Å². The zero-order valence-electron chi connectivity index (χ0n) is 11.1. The molecule has 2 rings (SSSR count). The summed E-state index contributed by atoms with van der Waals surface area (Å²) in [7, 11) is 0. The number of aryl methyl sites for hydroxylation is 1. The van der Waals surface area contributed by atoms with E-state index in [1.807, 2.05) is 37.3 Å². The van der Waals surface area contributed by atoms with Gasteiger partial charge in [-0.05, 0) is 31.5 Å². The molecule has 0 aliphatic rings. The van der Waals surface area contributed by atoms with Crippen molar-refractivity contribution in [1.82, 2.24) is 0 Å². The van der Waals surface area contributed by atoms with Crippen LogP contribution in [0, 0.1) is 6.92 Å². The molecule has 1 atom stereocenters. The predicted molar refractivity (Wildman–Crippen MR) is 76.5 cm³/mol. The van der Waals surface area contributed by atoms with Crippen LogP contribution < -0.4 is 10.5 Å². The Balaban J connectivity index is 2.13. The van der Waals surface area contributed by atoms with Crippen LogP contribution in [-0.2, 0) is 0 Å². The lowest BCUT2D eigenvalue weighted by Crippen LogP contribution is -2.24. The number of anilines is 1. The van der Waals surface area contributed by atoms with E-state index in [4.69, 9.17) is 10.5 Å². The average molecular weight is 255 g/mol. The minimum Gasteiger partial charge on any atom is -0.480 e. The van der Waals surface area contributed by atoms with Crippen LogP contribution in [0.15, 0.2) is 48.5 Å². The van der Waals surface area contributed by atoms with Gasteiger partial charge in [0, 0.05) is 5.56 Å². The van der Waals surface area contributed by atoms with Crippen LogP contribution in [0.3, 0.4) is 0 Å². The number of Topliss-reactive ketones (excluding diaryl/α,β-unsaturated/α-hetero) is 1. The van der Waals surface area contributed by atoms with Gasteiger partial charge in [0.1, 0.15) is 5.75 Å². The van der Waals surface area contributed by atoms with Gasteiger partial charge in [-0.1, -0.05) is 36.4 Å². The molecule has 0 saturated heterocycles. The van der Waals surface area contributed by atoms with Crippen molar-refractivity contribution in [2.75, 3.05) is 5.73 Å². The first kappa shape index (κ1) is 13.1. The van der Waals surface area contributed by atoms with E-state index in [9.17, 15) is 4.79 Å². The maximum atomic E-state index is 12.2. The third kappa shape index (κ3) is 3.13. The van der Waals surface area contributed by atoms with E-state index in [2.05, 4.69) is 0 Å². The summed E-state index contributed by atoms with van der Waals surface area (Å²) in [6, 6.07) is 14.6. The zero-order chi connectivity index (χ0) is 13.8. The quantitative estimate of drug-likeness (QED) is 0.674. The second-order valence-electron chi connectivity index (χ2n) is 4.53. The highest BCUT2D eigenvalue weighted by molar-refractivity contribution is 5.99. The van der Waals surface area contributed by atoms with Crippen molar-refractivity contribution in [3.63, 3.8) is 0 Å². The molecular formula is C16H17NO2. The Kier molecular flexibility index (Phi) is 3.85. The second-order valence-corrected chi connectivity index (χ2v) is 4.53. The Labute approximate surface area is 113 Å². The van der Waals surface area contributed by atoms with Gasteiger partial charge in [0.05, 0.1) is 5.69 Å². The highest BCUT2D eigenvalue weighted by Crippen LogP contribution is 2.24. The molecule has 3 nitrogen and oxygen atoms in total. The summed E-state index contributed by atoms with van der Waals surface area (Å²) >= 11 is 0. The molecule has 0 bridgehead atoms. The van der Waals surface area contributed by atoms with E-state index in [1.165, 1.54) is 0 Å². The molecule has 2 N–H and O–H groups in total. The number of carbonyl (C=O) groups is 1. The van der Waals surface area contributed by atoms with E-state index in [0.717, 1.165) is 5.56 Å². The van der Waals surface area contributed by atoms with Gasteiger partial charge < -0.3 is 10.5 Å². The number of nitrogen functional groups attached to an aromatic ring is 1. The molecule has 2 aromatic rings. The molecule has 0 amide bonds. The van der Waals surface area contributed by atoms with Crippen LogP contribution >= 0.6 is 0 Å². The van der Waals surface area contributed by atoms with Gasteiger partial charge in [0.15, 0.2) is 6.10 Å². The second kappa shape index (κ2) is 5.57. The monoisotopic (exact) mass is 255 g/mol. The van der Waals surface area contributed by atoms with Crippen molar-refractivity contribution in [2.24, 2.45) is 0 Å². The smallest absolute Gasteiger partial charge is 0.202 e.